The monoisotopic (exact) mass is 275 g/mol. The lowest BCUT2D eigenvalue weighted by Crippen LogP contribution is -2.58. The SMILES string of the molecule is COCCN1C(N)=NCC12CCCC2S(C)(=O)=O. The molecule has 1 heterocycles. The second-order valence-electron chi connectivity index (χ2n) is 5.13. The first-order valence-corrected chi connectivity index (χ1v) is 8.12. The minimum absolute atomic E-state index is 0.369. The molecule has 7 heteroatoms. The Hall–Kier alpha value is -0.820. The smallest absolute Gasteiger partial charge is 0.191 e. The van der Waals surface area contributed by atoms with Crippen molar-refractivity contribution in [2.45, 2.75) is 30.1 Å². The third-order valence-electron chi connectivity index (χ3n) is 4.04. The highest BCUT2D eigenvalue weighted by Gasteiger charge is 2.54. The molecule has 0 radical (unpaired) electrons. The summed E-state index contributed by atoms with van der Waals surface area (Å²) in [6.07, 6.45) is 3.75. The highest BCUT2D eigenvalue weighted by molar-refractivity contribution is 7.91. The highest BCUT2D eigenvalue weighted by atomic mass is 32.2. The van der Waals surface area contributed by atoms with E-state index in [2.05, 4.69) is 4.99 Å². The second-order valence-corrected chi connectivity index (χ2v) is 7.36. The molecule has 1 aliphatic carbocycles. The molecule has 2 unspecified atom stereocenters. The van der Waals surface area contributed by atoms with Gasteiger partial charge in [-0.2, -0.15) is 0 Å². The van der Waals surface area contributed by atoms with Crippen LogP contribution in [0.2, 0.25) is 0 Å². The summed E-state index contributed by atoms with van der Waals surface area (Å²) >= 11 is 0. The summed E-state index contributed by atoms with van der Waals surface area (Å²) in [7, 11) is -1.46. The van der Waals surface area contributed by atoms with E-state index in [4.69, 9.17) is 10.5 Å². The molecule has 0 saturated heterocycles. The van der Waals surface area contributed by atoms with E-state index in [1.54, 1.807) is 7.11 Å². The van der Waals surface area contributed by atoms with Gasteiger partial charge in [-0.25, -0.2) is 8.42 Å². The van der Waals surface area contributed by atoms with Crippen molar-refractivity contribution in [2.24, 2.45) is 10.7 Å². The van der Waals surface area contributed by atoms with Crippen LogP contribution in [0.5, 0.6) is 0 Å². The lowest BCUT2D eigenvalue weighted by atomic mass is 9.96. The molecule has 0 amide bonds. The Morgan fingerprint density at radius 1 is 1.61 bits per heavy atom. The van der Waals surface area contributed by atoms with E-state index in [0.29, 0.717) is 32.1 Å². The van der Waals surface area contributed by atoms with Gasteiger partial charge in [0.05, 0.1) is 23.9 Å². The van der Waals surface area contributed by atoms with E-state index >= 15 is 0 Å². The van der Waals surface area contributed by atoms with Crippen LogP contribution in [0.4, 0.5) is 0 Å². The number of aliphatic imine (C=N–C) groups is 1. The quantitative estimate of drug-likeness (QED) is 0.754. The molecule has 0 aromatic carbocycles. The molecule has 2 N–H and O–H groups in total. The van der Waals surface area contributed by atoms with Gasteiger partial charge < -0.3 is 15.4 Å². The molecule has 2 rings (SSSR count). The summed E-state index contributed by atoms with van der Waals surface area (Å²) in [5, 5.41) is -0.369. The molecule has 1 spiro atoms. The van der Waals surface area contributed by atoms with Gasteiger partial charge in [0.1, 0.15) is 0 Å². The Labute approximate surface area is 108 Å². The topological polar surface area (TPSA) is 85.0 Å². The molecule has 6 nitrogen and oxygen atoms in total. The Bertz CT molecular complexity index is 448. The van der Waals surface area contributed by atoms with E-state index in [1.807, 2.05) is 4.90 Å². The fourth-order valence-corrected chi connectivity index (χ4v) is 4.97. The molecule has 0 aromatic rings. The minimum Gasteiger partial charge on any atom is -0.383 e. The first kappa shape index (κ1) is 13.6. The molecule has 0 aromatic heterocycles. The summed E-state index contributed by atoms with van der Waals surface area (Å²) < 4.78 is 29.0. The lowest BCUT2D eigenvalue weighted by Gasteiger charge is -2.39. The largest absolute Gasteiger partial charge is 0.383 e. The highest BCUT2D eigenvalue weighted by Crippen LogP contribution is 2.41. The standard InChI is InChI=1S/C11H21N3O3S/c1-17-7-6-14-10(12)13-8-11(14)5-3-4-9(11)18(2,15)16/h9H,3-8H2,1-2H3,(H2,12,13). The average Bonchev–Trinajstić information content (AvgIpc) is 2.83. The van der Waals surface area contributed by atoms with Gasteiger partial charge in [-0.15, -0.1) is 0 Å². The van der Waals surface area contributed by atoms with Gasteiger partial charge >= 0.3 is 0 Å². The van der Waals surface area contributed by atoms with Crippen molar-refractivity contribution >= 4 is 15.8 Å². The normalized spacial score (nSPS) is 32.2. The molecular formula is C11H21N3O3S. The Balaban J connectivity index is 2.29. The number of ether oxygens (including phenoxy) is 1. The molecule has 2 atom stereocenters. The van der Waals surface area contributed by atoms with E-state index in [0.717, 1.165) is 12.8 Å². The lowest BCUT2D eigenvalue weighted by molar-refractivity contribution is 0.132. The number of hydrogen-bond donors (Lipinski definition) is 1. The molecular weight excluding hydrogens is 254 g/mol. The fourth-order valence-electron chi connectivity index (χ4n) is 3.26. The van der Waals surface area contributed by atoms with Crippen molar-refractivity contribution in [2.75, 3.05) is 33.1 Å². The number of nitrogens with two attached hydrogens (primary N) is 1. The van der Waals surface area contributed by atoms with Crippen molar-refractivity contribution in [1.82, 2.24) is 4.90 Å². The van der Waals surface area contributed by atoms with Gasteiger partial charge in [-0.1, -0.05) is 0 Å². The van der Waals surface area contributed by atoms with Gasteiger partial charge in [0.2, 0.25) is 0 Å². The maximum absolute atomic E-state index is 12.0. The third-order valence-corrected chi connectivity index (χ3v) is 5.75. The van der Waals surface area contributed by atoms with Crippen LogP contribution in [-0.2, 0) is 14.6 Å². The van der Waals surface area contributed by atoms with Crippen LogP contribution in [0, 0.1) is 0 Å². The Morgan fingerprint density at radius 3 is 2.94 bits per heavy atom. The number of methoxy groups -OCH3 is 1. The van der Waals surface area contributed by atoms with E-state index in [-0.39, 0.29) is 5.25 Å². The van der Waals surface area contributed by atoms with Gasteiger partial charge in [-0.3, -0.25) is 4.99 Å². The summed E-state index contributed by atoms with van der Waals surface area (Å²) in [6, 6.07) is 0. The van der Waals surface area contributed by atoms with Gasteiger partial charge in [0.25, 0.3) is 0 Å². The summed E-state index contributed by atoms with van der Waals surface area (Å²) in [4.78, 5) is 6.21. The van der Waals surface area contributed by atoms with Gasteiger partial charge in [0, 0.05) is 19.9 Å². The van der Waals surface area contributed by atoms with E-state index < -0.39 is 15.4 Å². The number of guanidine groups is 1. The van der Waals surface area contributed by atoms with E-state index in [9.17, 15) is 8.42 Å². The molecule has 18 heavy (non-hydrogen) atoms. The van der Waals surface area contributed by atoms with Crippen LogP contribution in [-0.4, -0.2) is 63.1 Å². The summed E-state index contributed by atoms with van der Waals surface area (Å²) in [5.74, 6) is 0.447. The van der Waals surface area contributed by atoms with Crippen molar-refractivity contribution in [3.05, 3.63) is 0 Å². The first-order chi connectivity index (χ1) is 8.42. The number of sulfone groups is 1. The van der Waals surface area contributed by atoms with Crippen molar-refractivity contribution in [1.29, 1.82) is 0 Å². The van der Waals surface area contributed by atoms with Crippen LogP contribution in [0.1, 0.15) is 19.3 Å². The zero-order chi connectivity index (χ0) is 13.4. The number of rotatable bonds is 4. The van der Waals surface area contributed by atoms with Crippen LogP contribution in [0.25, 0.3) is 0 Å². The summed E-state index contributed by atoms with van der Waals surface area (Å²) in [6.45, 7) is 1.60. The molecule has 1 saturated carbocycles. The maximum atomic E-state index is 12.0. The Kier molecular flexibility index (Phi) is 3.55. The minimum atomic E-state index is -3.09. The maximum Gasteiger partial charge on any atom is 0.191 e. The number of nitrogens with zero attached hydrogens (tertiary/aromatic N) is 2. The van der Waals surface area contributed by atoms with Crippen LogP contribution < -0.4 is 5.73 Å². The van der Waals surface area contributed by atoms with Crippen LogP contribution in [0.15, 0.2) is 4.99 Å². The summed E-state index contributed by atoms with van der Waals surface area (Å²) in [5.41, 5.74) is 5.47. The van der Waals surface area contributed by atoms with Crippen LogP contribution >= 0.6 is 0 Å². The average molecular weight is 275 g/mol. The predicted molar refractivity (Wildman–Crippen MR) is 70.3 cm³/mol. The third kappa shape index (κ3) is 2.09. The first-order valence-electron chi connectivity index (χ1n) is 6.17. The molecule has 0 bridgehead atoms. The van der Waals surface area contributed by atoms with E-state index in [1.165, 1.54) is 6.26 Å². The van der Waals surface area contributed by atoms with Gasteiger partial charge in [0.15, 0.2) is 15.8 Å². The second kappa shape index (κ2) is 4.70. The molecule has 104 valence electrons. The van der Waals surface area contributed by atoms with Crippen molar-refractivity contribution in [3.8, 4) is 0 Å². The van der Waals surface area contributed by atoms with Crippen LogP contribution in [0.3, 0.4) is 0 Å². The zero-order valence-corrected chi connectivity index (χ0v) is 11.7. The Morgan fingerprint density at radius 2 is 2.33 bits per heavy atom. The van der Waals surface area contributed by atoms with Crippen molar-refractivity contribution in [3.63, 3.8) is 0 Å². The molecule has 1 aliphatic heterocycles. The number of hydrogen-bond acceptors (Lipinski definition) is 6. The van der Waals surface area contributed by atoms with Crippen molar-refractivity contribution < 1.29 is 13.2 Å². The van der Waals surface area contributed by atoms with Gasteiger partial charge in [-0.05, 0) is 19.3 Å². The molecule has 2 aliphatic rings. The predicted octanol–water partition coefficient (Wildman–Crippen LogP) is -0.401. The molecule has 1 fully saturated rings. The zero-order valence-electron chi connectivity index (χ0n) is 10.9. The fraction of sp³-hybridized carbons (Fsp3) is 0.909.